The zero-order chi connectivity index (χ0) is 16.9. The van der Waals surface area contributed by atoms with Gasteiger partial charge in [0.2, 0.25) is 5.13 Å². The zero-order valence-corrected chi connectivity index (χ0v) is 14.2. The van der Waals surface area contributed by atoms with Gasteiger partial charge in [-0.3, -0.25) is 9.59 Å². The molecule has 1 aliphatic rings. The van der Waals surface area contributed by atoms with Gasteiger partial charge in [0.05, 0.1) is 11.4 Å². The molecule has 7 nitrogen and oxygen atoms in total. The van der Waals surface area contributed by atoms with E-state index in [9.17, 15) is 9.59 Å². The van der Waals surface area contributed by atoms with E-state index in [0.717, 1.165) is 0 Å². The van der Waals surface area contributed by atoms with E-state index in [4.69, 9.17) is 4.74 Å². The van der Waals surface area contributed by atoms with Crippen molar-refractivity contribution in [1.29, 1.82) is 0 Å². The first-order valence-corrected chi connectivity index (χ1v) is 8.87. The number of Topliss-reactive ketones (excluding diaryl/α,β-unsaturated/α-hetero) is 1. The molecular weight excluding hydrogens is 348 g/mol. The normalized spacial score (nSPS) is 12.8. The molecule has 1 aromatic carbocycles. The Morgan fingerprint density at radius 1 is 1.50 bits per heavy atom. The van der Waals surface area contributed by atoms with Gasteiger partial charge < -0.3 is 15.4 Å². The van der Waals surface area contributed by atoms with E-state index in [-0.39, 0.29) is 24.1 Å². The van der Waals surface area contributed by atoms with E-state index < -0.39 is 0 Å². The molecule has 0 bridgehead atoms. The maximum absolute atomic E-state index is 12.3. The molecule has 24 heavy (non-hydrogen) atoms. The van der Waals surface area contributed by atoms with Gasteiger partial charge in [0.25, 0.3) is 5.91 Å². The van der Waals surface area contributed by atoms with Crippen LogP contribution in [0.25, 0.3) is 0 Å². The molecule has 0 aliphatic carbocycles. The lowest BCUT2D eigenvalue weighted by Crippen LogP contribution is -2.25. The van der Waals surface area contributed by atoms with E-state index >= 15 is 0 Å². The third kappa shape index (κ3) is 3.92. The second kappa shape index (κ2) is 7.45. The number of hydrogen-bond donors (Lipinski definition) is 2. The molecule has 0 saturated carbocycles. The number of nitrogens with zero attached hydrogens (tertiary/aromatic N) is 2. The summed E-state index contributed by atoms with van der Waals surface area (Å²) < 4.78 is 5.99. The molecule has 0 saturated heterocycles. The Labute approximate surface area is 146 Å². The van der Waals surface area contributed by atoms with Crippen molar-refractivity contribution in [3.63, 3.8) is 0 Å². The number of hydrogen-bond acceptors (Lipinski definition) is 8. The van der Waals surface area contributed by atoms with E-state index in [1.165, 1.54) is 23.1 Å². The molecule has 1 amide bonds. The summed E-state index contributed by atoms with van der Waals surface area (Å²) in [7, 11) is 0. The number of aromatic nitrogens is 2. The molecule has 2 heterocycles. The molecule has 1 aromatic heterocycles. The van der Waals surface area contributed by atoms with Crippen molar-refractivity contribution in [3.05, 3.63) is 36.4 Å². The Morgan fingerprint density at radius 2 is 2.38 bits per heavy atom. The summed E-state index contributed by atoms with van der Waals surface area (Å²) in [5, 5.41) is 14.4. The van der Waals surface area contributed by atoms with Gasteiger partial charge in [0.15, 0.2) is 16.7 Å². The smallest absolute Gasteiger partial charge is 0.262 e. The minimum Gasteiger partial charge on any atom is -0.482 e. The van der Waals surface area contributed by atoms with Gasteiger partial charge in [-0.15, -0.1) is 16.8 Å². The molecule has 0 atom stereocenters. The number of anilines is 2. The topological polar surface area (TPSA) is 93.2 Å². The highest BCUT2D eigenvalue weighted by molar-refractivity contribution is 8.01. The molecule has 2 aromatic rings. The minimum absolute atomic E-state index is 0.00455. The number of thioether (sulfide) groups is 1. The standard InChI is InChI=1S/C15H14N4O3S2/c1-2-5-16-14-18-19-15(24-14)23-8-11(20)9-3-4-12-10(6-9)17-13(21)7-22-12/h2-4,6H,1,5,7-8H2,(H,16,18)(H,17,21). The largest absolute Gasteiger partial charge is 0.482 e. The summed E-state index contributed by atoms with van der Waals surface area (Å²) >= 11 is 2.71. The van der Waals surface area contributed by atoms with Crippen LogP contribution < -0.4 is 15.4 Å². The number of rotatable bonds is 7. The second-order valence-electron chi connectivity index (χ2n) is 4.80. The molecule has 1 aliphatic heterocycles. The van der Waals surface area contributed by atoms with Crippen LogP contribution in [0, 0.1) is 0 Å². The van der Waals surface area contributed by atoms with Crippen LogP contribution in [0.2, 0.25) is 0 Å². The van der Waals surface area contributed by atoms with Crippen molar-refractivity contribution in [1.82, 2.24) is 10.2 Å². The monoisotopic (exact) mass is 362 g/mol. The van der Waals surface area contributed by atoms with Crippen LogP contribution in [-0.2, 0) is 4.79 Å². The lowest BCUT2D eigenvalue weighted by Gasteiger charge is -2.18. The first-order valence-electron chi connectivity index (χ1n) is 7.06. The van der Waals surface area contributed by atoms with Crippen LogP contribution in [0.4, 0.5) is 10.8 Å². The summed E-state index contributed by atoms with van der Waals surface area (Å²) in [6.07, 6.45) is 1.73. The Morgan fingerprint density at radius 3 is 3.21 bits per heavy atom. The molecular formula is C15H14N4O3S2. The van der Waals surface area contributed by atoms with Crippen LogP contribution in [-0.4, -0.2) is 40.8 Å². The second-order valence-corrected chi connectivity index (χ2v) is 7.00. The van der Waals surface area contributed by atoms with Gasteiger partial charge in [0, 0.05) is 12.1 Å². The van der Waals surface area contributed by atoms with Gasteiger partial charge >= 0.3 is 0 Å². The van der Waals surface area contributed by atoms with Crippen LogP contribution in [0.5, 0.6) is 5.75 Å². The third-order valence-corrected chi connectivity index (χ3v) is 5.08. The number of fused-ring (bicyclic) bond motifs is 1. The highest BCUT2D eigenvalue weighted by Crippen LogP contribution is 2.30. The summed E-state index contributed by atoms with van der Waals surface area (Å²) in [6.45, 7) is 4.23. The first-order chi connectivity index (χ1) is 11.7. The average molecular weight is 362 g/mol. The van der Waals surface area contributed by atoms with Gasteiger partial charge in [-0.2, -0.15) is 0 Å². The maximum atomic E-state index is 12.3. The predicted octanol–water partition coefficient (Wildman–Crippen LogP) is 2.44. The number of ketones is 1. The molecule has 0 fully saturated rings. The van der Waals surface area contributed by atoms with Crippen LogP contribution in [0.15, 0.2) is 35.2 Å². The molecule has 2 N–H and O–H groups in total. The molecule has 9 heteroatoms. The van der Waals surface area contributed by atoms with Crippen molar-refractivity contribution in [2.24, 2.45) is 0 Å². The Hall–Kier alpha value is -2.39. The SMILES string of the molecule is C=CCNc1nnc(SCC(=O)c2ccc3c(c2)NC(=O)CO3)s1. The van der Waals surface area contributed by atoms with Crippen molar-refractivity contribution in [2.45, 2.75) is 4.34 Å². The third-order valence-electron chi connectivity index (χ3n) is 3.07. The lowest BCUT2D eigenvalue weighted by molar-refractivity contribution is -0.118. The molecule has 124 valence electrons. The summed E-state index contributed by atoms with van der Waals surface area (Å²) in [4.78, 5) is 23.7. The molecule has 0 spiro atoms. The fourth-order valence-corrected chi connectivity index (χ4v) is 3.62. The average Bonchev–Trinajstić information content (AvgIpc) is 3.05. The van der Waals surface area contributed by atoms with Crippen molar-refractivity contribution in [2.75, 3.05) is 29.5 Å². The zero-order valence-electron chi connectivity index (χ0n) is 12.6. The van der Waals surface area contributed by atoms with E-state index in [1.807, 2.05) is 0 Å². The van der Waals surface area contributed by atoms with Crippen LogP contribution >= 0.6 is 23.1 Å². The highest BCUT2D eigenvalue weighted by atomic mass is 32.2. The molecule has 0 radical (unpaired) electrons. The molecule has 0 unspecified atom stereocenters. The van der Waals surface area contributed by atoms with Crippen molar-refractivity contribution in [3.8, 4) is 5.75 Å². The van der Waals surface area contributed by atoms with E-state index in [1.54, 1.807) is 24.3 Å². The first kappa shape index (κ1) is 16.5. The predicted molar refractivity (Wildman–Crippen MR) is 94.2 cm³/mol. The fraction of sp³-hybridized carbons (Fsp3) is 0.200. The number of amides is 1. The number of nitrogens with one attached hydrogen (secondary N) is 2. The quantitative estimate of drug-likeness (QED) is 0.444. The van der Waals surface area contributed by atoms with Gasteiger partial charge in [-0.25, -0.2) is 0 Å². The maximum Gasteiger partial charge on any atom is 0.262 e. The van der Waals surface area contributed by atoms with E-state index in [2.05, 4.69) is 27.4 Å². The lowest BCUT2D eigenvalue weighted by atomic mass is 10.1. The van der Waals surface area contributed by atoms with Crippen LogP contribution in [0.3, 0.4) is 0 Å². The minimum atomic E-state index is -0.227. The highest BCUT2D eigenvalue weighted by Gasteiger charge is 2.18. The number of carbonyl (C=O) groups excluding carboxylic acids is 2. The van der Waals surface area contributed by atoms with Gasteiger partial charge in [0.1, 0.15) is 5.75 Å². The fourth-order valence-electron chi connectivity index (χ4n) is 1.97. The van der Waals surface area contributed by atoms with Crippen molar-refractivity contribution < 1.29 is 14.3 Å². The van der Waals surface area contributed by atoms with Gasteiger partial charge in [-0.05, 0) is 18.2 Å². The Kier molecular flexibility index (Phi) is 5.11. The summed E-state index contributed by atoms with van der Waals surface area (Å²) in [6, 6.07) is 5.01. The van der Waals surface area contributed by atoms with Crippen LogP contribution in [0.1, 0.15) is 10.4 Å². The van der Waals surface area contributed by atoms with Crippen molar-refractivity contribution >= 4 is 45.6 Å². The summed E-state index contributed by atoms with van der Waals surface area (Å²) in [5.74, 6) is 0.526. The number of ether oxygens (including phenoxy) is 1. The Bertz CT molecular complexity index is 791. The van der Waals surface area contributed by atoms with E-state index in [0.29, 0.717) is 33.0 Å². The molecule has 3 rings (SSSR count). The number of carbonyl (C=O) groups is 2. The Balaban J connectivity index is 1.61. The summed E-state index contributed by atoms with van der Waals surface area (Å²) in [5.41, 5.74) is 1.04. The van der Waals surface area contributed by atoms with Gasteiger partial charge in [-0.1, -0.05) is 29.2 Å². The number of benzene rings is 1.